The summed E-state index contributed by atoms with van der Waals surface area (Å²) in [7, 11) is 0. The molecule has 0 bridgehead atoms. The van der Waals surface area contributed by atoms with Gasteiger partial charge in [-0.2, -0.15) is 0 Å². The number of allylic oxidation sites excluding steroid dienone is 1. The Hall–Kier alpha value is -0.540. The number of hydrogen-bond acceptors (Lipinski definition) is 3. The van der Waals surface area contributed by atoms with Crippen molar-refractivity contribution in [3.05, 3.63) is 11.8 Å². The monoisotopic (exact) mass is 240 g/mol. The molecule has 3 nitrogen and oxygen atoms in total. The van der Waals surface area contributed by atoms with Gasteiger partial charge < -0.3 is 14.2 Å². The normalized spacial score (nSPS) is 38.2. The lowest BCUT2D eigenvalue weighted by molar-refractivity contribution is -0.250. The maximum absolute atomic E-state index is 5.88. The molecule has 1 unspecified atom stereocenters. The molecule has 1 saturated carbocycles. The molecule has 3 heteroatoms. The Balaban J connectivity index is 2.02. The Morgan fingerprint density at radius 1 is 1.47 bits per heavy atom. The van der Waals surface area contributed by atoms with E-state index in [0.29, 0.717) is 24.4 Å². The first-order valence-corrected chi connectivity index (χ1v) is 6.72. The molecule has 1 aliphatic heterocycles. The van der Waals surface area contributed by atoms with Crippen LogP contribution in [0.15, 0.2) is 11.8 Å². The van der Waals surface area contributed by atoms with Gasteiger partial charge in [0.1, 0.15) is 0 Å². The fraction of sp³-hybridized carbons (Fsp3) is 0.857. The Morgan fingerprint density at radius 3 is 2.94 bits per heavy atom. The van der Waals surface area contributed by atoms with Crippen LogP contribution in [-0.4, -0.2) is 19.2 Å². The molecule has 1 aliphatic carbocycles. The van der Waals surface area contributed by atoms with E-state index in [9.17, 15) is 0 Å². The topological polar surface area (TPSA) is 27.7 Å². The van der Waals surface area contributed by atoms with E-state index in [1.165, 1.54) is 18.4 Å². The third-order valence-corrected chi connectivity index (χ3v) is 4.07. The van der Waals surface area contributed by atoms with Crippen LogP contribution < -0.4 is 0 Å². The van der Waals surface area contributed by atoms with Crippen LogP contribution in [0.2, 0.25) is 0 Å². The Labute approximate surface area is 104 Å². The van der Waals surface area contributed by atoms with Crippen molar-refractivity contribution < 1.29 is 14.2 Å². The fourth-order valence-electron chi connectivity index (χ4n) is 3.15. The summed E-state index contributed by atoms with van der Waals surface area (Å²) in [5.41, 5.74) is 1.36. The van der Waals surface area contributed by atoms with Crippen molar-refractivity contribution in [3.63, 3.8) is 0 Å². The zero-order valence-electron chi connectivity index (χ0n) is 11.3. The molecule has 0 aromatic heterocycles. The molecule has 17 heavy (non-hydrogen) atoms. The average molecular weight is 240 g/mol. The Bertz CT molecular complexity index is 287. The van der Waals surface area contributed by atoms with E-state index in [4.69, 9.17) is 14.2 Å². The minimum absolute atomic E-state index is 0.136. The van der Waals surface area contributed by atoms with Gasteiger partial charge in [0, 0.05) is 12.5 Å². The fourth-order valence-corrected chi connectivity index (χ4v) is 3.15. The van der Waals surface area contributed by atoms with Crippen LogP contribution in [0.4, 0.5) is 0 Å². The molecule has 2 rings (SSSR count). The molecule has 5 atom stereocenters. The van der Waals surface area contributed by atoms with Crippen LogP contribution in [-0.2, 0) is 14.2 Å². The van der Waals surface area contributed by atoms with Crippen molar-refractivity contribution in [2.75, 3.05) is 6.61 Å². The lowest BCUT2D eigenvalue weighted by atomic mass is 9.84. The lowest BCUT2D eigenvalue weighted by Gasteiger charge is -2.36. The van der Waals surface area contributed by atoms with Crippen LogP contribution in [0, 0.1) is 17.8 Å². The summed E-state index contributed by atoms with van der Waals surface area (Å²) in [4.78, 5) is 0. The van der Waals surface area contributed by atoms with Crippen molar-refractivity contribution in [2.45, 2.75) is 53.1 Å². The van der Waals surface area contributed by atoms with E-state index in [0.717, 1.165) is 0 Å². The molecule has 0 saturated heterocycles. The van der Waals surface area contributed by atoms with Gasteiger partial charge in [0.05, 0.1) is 6.26 Å². The highest BCUT2D eigenvalue weighted by atomic mass is 16.8. The number of rotatable bonds is 4. The SMILES string of the molecule is CCOC(C)O[C@@H]1OC=C(C)[C@H]2CC[C@@H](C)[C@@H]12. The van der Waals surface area contributed by atoms with Crippen molar-refractivity contribution in [1.82, 2.24) is 0 Å². The standard InChI is InChI=1S/C14H24O3/c1-5-15-11(4)17-14-13-9(2)6-7-12(13)10(3)8-16-14/h8-9,11-14H,5-7H2,1-4H3/t9-,11?,12-,13-,14+/m1/s1. The van der Waals surface area contributed by atoms with Crippen LogP contribution in [0.3, 0.4) is 0 Å². The maximum atomic E-state index is 5.88. The minimum Gasteiger partial charge on any atom is -0.472 e. The van der Waals surface area contributed by atoms with Gasteiger partial charge in [-0.25, -0.2) is 0 Å². The van der Waals surface area contributed by atoms with Crippen LogP contribution >= 0.6 is 0 Å². The summed E-state index contributed by atoms with van der Waals surface area (Å²) in [6.45, 7) is 9.05. The third kappa shape index (κ3) is 2.66. The van der Waals surface area contributed by atoms with E-state index in [1.54, 1.807) is 0 Å². The maximum Gasteiger partial charge on any atom is 0.205 e. The summed E-state index contributed by atoms with van der Waals surface area (Å²) in [5, 5.41) is 0. The van der Waals surface area contributed by atoms with Crippen molar-refractivity contribution in [2.24, 2.45) is 17.8 Å². The zero-order chi connectivity index (χ0) is 12.4. The molecule has 1 fully saturated rings. The Kier molecular flexibility index (Phi) is 4.10. The summed E-state index contributed by atoms with van der Waals surface area (Å²) >= 11 is 0. The third-order valence-electron chi connectivity index (χ3n) is 4.07. The molecule has 0 spiro atoms. The largest absolute Gasteiger partial charge is 0.472 e. The first kappa shape index (κ1) is 12.9. The number of fused-ring (bicyclic) bond motifs is 1. The zero-order valence-corrected chi connectivity index (χ0v) is 11.3. The highest BCUT2D eigenvalue weighted by molar-refractivity contribution is 5.09. The second-order valence-corrected chi connectivity index (χ2v) is 5.26. The van der Waals surface area contributed by atoms with Crippen molar-refractivity contribution in [3.8, 4) is 0 Å². The molecule has 0 aromatic carbocycles. The smallest absolute Gasteiger partial charge is 0.205 e. The van der Waals surface area contributed by atoms with Crippen LogP contribution in [0.25, 0.3) is 0 Å². The summed E-state index contributed by atoms with van der Waals surface area (Å²) in [6, 6.07) is 0. The van der Waals surface area contributed by atoms with Crippen molar-refractivity contribution in [1.29, 1.82) is 0 Å². The van der Waals surface area contributed by atoms with Gasteiger partial charge in [0.15, 0.2) is 6.29 Å². The molecule has 0 aromatic rings. The van der Waals surface area contributed by atoms with Crippen LogP contribution in [0.5, 0.6) is 0 Å². The minimum atomic E-state index is -0.190. The molecule has 0 amide bonds. The van der Waals surface area contributed by atoms with Crippen molar-refractivity contribution >= 4 is 0 Å². The summed E-state index contributed by atoms with van der Waals surface area (Å²) in [5.74, 6) is 1.79. The first-order chi connectivity index (χ1) is 8.13. The molecule has 98 valence electrons. The quantitative estimate of drug-likeness (QED) is 0.706. The van der Waals surface area contributed by atoms with Gasteiger partial charge in [-0.3, -0.25) is 0 Å². The van der Waals surface area contributed by atoms with E-state index >= 15 is 0 Å². The number of hydrogen-bond donors (Lipinski definition) is 0. The van der Waals surface area contributed by atoms with Gasteiger partial charge in [-0.05, 0) is 51.0 Å². The predicted molar refractivity (Wildman–Crippen MR) is 66.2 cm³/mol. The molecule has 0 radical (unpaired) electrons. The number of ether oxygens (including phenoxy) is 3. The molecule has 1 heterocycles. The molecular formula is C14H24O3. The van der Waals surface area contributed by atoms with Gasteiger partial charge in [0.25, 0.3) is 0 Å². The summed E-state index contributed by atoms with van der Waals surface area (Å²) < 4.78 is 17.0. The molecule has 0 N–H and O–H groups in total. The first-order valence-electron chi connectivity index (χ1n) is 6.72. The second-order valence-electron chi connectivity index (χ2n) is 5.26. The van der Waals surface area contributed by atoms with Gasteiger partial charge in [0.2, 0.25) is 6.29 Å². The summed E-state index contributed by atoms with van der Waals surface area (Å²) in [6.07, 6.45) is 4.09. The second kappa shape index (κ2) is 5.40. The average Bonchev–Trinajstić information content (AvgIpc) is 2.66. The Morgan fingerprint density at radius 2 is 2.24 bits per heavy atom. The molecule has 2 aliphatic rings. The van der Waals surface area contributed by atoms with E-state index in [1.807, 2.05) is 20.1 Å². The van der Waals surface area contributed by atoms with Gasteiger partial charge >= 0.3 is 0 Å². The van der Waals surface area contributed by atoms with Gasteiger partial charge in [-0.1, -0.05) is 6.92 Å². The van der Waals surface area contributed by atoms with Crippen LogP contribution in [0.1, 0.15) is 40.5 Å². The van der Waals surface area contributed by atoms with E-state index in [-0.39, 0.29) is 12.6 Å². The predicted octanol–water partition coefficient (Wildman–Crippen LogP) is 3.31. The van der Waals surface area contributed by atoms with E-state index in [2.05, 4.69) is 13.8 Å². The van der Waals surface area contributed by atoms with Gasteiger partial charge in [-0.15, -0.1) is 0 Å². The van der Waals surface area contributed by atoms with E-state index < -0.39 is 0 Å². The lowest BCUT2D eigenvalue weighted by Crippen LogP contribution is -2.38. The highest BCUT2D eigenvalue weighted by Crippen LogP contribution is 2.46. The highest BCUT2D eigenvalue weighted by Gasteiger charge is 2.44. The molecular weight excluding hydrogens is 216 g/mol.